The lowest BCUT2D eigenvalue weighted by atomic mass is 10.1. The van der Waals surface area contributed by atoms with E-state index in [1.807, 2.05) is 25.4 Å². The summed E-state index contributed by atoms with van der Waals surface area (Å²) in [6.45, 7) is 5.02. The molecule has 0 amide bonds. The second-order valence-corrected chi connectivity index (χ2v) is 7.94. The lowest BCUT2D eigenvalue weighted by Crippen LogP contribution is -2.38. The third-order valence-corrected chi connectivity index (χ3v) is 5.60. The lowest BCUT2D eigenvalue weighted by Gasteiger charge is -2.22. The molecule has 0 atom stereocenters. The molecular weight excluding hydrogens is 382 g/mol. The van der Waals surface area contributed by atoms with Crippen LogP contribution in [0.25, 0.3) is 0 Å². The molecule has 1 saturated heterocycles. The topological polar surface area (TPSA) is 52.6 Å². The summed E-state index contributed by atoms with van der Waals surface area (Å²) in [6.07, 6.45) is 8.07. The average molecular weight is 414 g/mol. The normalized spacial score (nSPS) is 15.7. The first kappa shape index (κ1) is 21.6. The van der Waals surface area contributed by atoms with Gasteiger partial charge in [-0.05, 0) is 55.1 Å². The van der Waals surface area contributed by atoms with Crippen LogP contribution in [0.15, 0.2) is 47.6 Å². The highest BCUT2D eigenvalue weighted by Crippen LogP contribution is 2.16. The zero-order chi connectivity index (χ0) is 20.3. The standard InChI is InChI=1S/C23H32ClN5/c1-25-23(26-13-12-19-10-11-22(24)27-16-19)28-17-20-8-4-5-9-21(20)18-29-14-6-2-3-7-15-29/h4-5,8-11,16H,2-3,6-7,12-15,17-18H2,1H3,(H2,25,26,28). The van der Waals surface area contributed by atoms with E-state index in [-0.39, 0.29) is 0 Å². The number of aliphatic imine (C=N–C) groups is 1. The fraction of sp³-hybridized carbons (Fsp3) is 0.478. The van der Waals surface area contributed by atoms with Gasteiger partial charge in [-0.2, -0.15) is 0 Å². The number of nitrogens with one attached hydrogen (secondary N) is 2. The minimum atomic E-state index is 0.526. The van der Waals surface area contributed by atoms with E-state index in [0.29, 0.717) is 5.15 Å². The maximum atomic E-state index is 5.84. The van der Waals surface area contributed by atoms with Crippen LogP contribution >= 0.6 is 11.6 Å². The Balaban J connectivity index is 1.49. The molecule has 29 heavy (non-hydrogen) atoms. The van der Waals surface area contributed by atoms with E-state index in [2.05, 4.69) is 49.8 Å². The maximum Gasteiger partial charge on any atom is 0.191 e. The van der Waals surface area contributed by atoms with E-state index in [0.717, 1.165) is 37.6 Å². The van der Waals surface area contributed by atoms with Crippen LogP contribution < -0.4 is 10.6 Å². The summed E-state index contributed by atoms with van der Waals surface area (Å²) >= 11 is 5.84. The van der Waals surface area contributed by atoms with Crippen molar-refractivity contribution in [1.82, 2.24) is 20.5 Å². The molecule has 156 valence electrons. The molecule has 2 N–H and O–H groups in total. The molecule has 0 saturated carbocycles. The Labute approximate surface area is 179 Å². The van der Waals surface area contributed by atoms with Crippen LogP contribution in [0.5, 0.6) is 0 Å². The largest absolute Gasteiger partial charge is 0.356 e. The zero-order valence-electron chi connectivity index (χ0n) is 17.3. The van der Waals surface area contributed by atoms with Gasteiger partial charge in [0.1, 0.15) is 5.15 Å². The predicted molar refractivity (Wildman–Crippen MR) is 121 cm³/mol. The minimum absolute atomic E-state index is 0.526. The Morgan fingerprint density at radius 2 is 1.79 bits per heavy atom. The quantitative estimate of drug-likeness (QED) is 0.409. The number of hydrogen-bond acceptors (Lipinski definition) is 3. The zero-order valence-corrected chi connectivity index (χ0v) is 18.1. The van der Waals surface area contributed by atoms with Crippen molar-refractivity contribution >= 4 is 17.6 Å². The fourth-order valence-corrected chi connectivity index (χ4v) is 3.81. The van der Waals surface area contributed by atoms with Crippen LogP contribution in [-0.4, -0.2) is 42.5 Å². The second-order valence-electron chi connectivity index (χ2n) is 7.55. The first-order chi connectivity index (χ1) is 14.2. The number of pyridine rings is 1. The molecule has 6 heteroatoms. The van der Waals surface area contributed by atoms with Crippen LogP contribution in [0, 0.1) is 0 Å². The van der Waals surface area contributed by atoms with E-state index in [1.165, 1.54) is 49.9 Å². The number of hydrogen-bond donors (Lipinski definition) is 2. The van der Waals surface area contributed by atoms with Crippen LogP contribution in [-0.2, 0) is 19.5 Å². The SMILES string of the molecule is CN=C(NCCc1ccc(Cl)nc1)NCc1ccccc1CN1CCCCCC1. The van der Waals surface area contributed by atoms with Crippen molar-refractivity contribution in [3.05, 3.63) is 64.4 Å². The summed E-state index contributed by atoms with van der Waals surface area (Å²) in [6, 6.07) is 12.6. The number of aromatic nitrogens is 1. The molecule has 0 unspecified atom stereocenters. The summed E-state index contributed by atoms with van der Waals surface area (Å²) in [4.78, 5) is 11.1. The van der Waals surface area contributed by atoms with Gasteiger partial charge in [-0.15, -0.1) is 0 Å². The van der Waals surface area contributed by atoms with Gasteiger partial charge in [-0.1, -0.05) is 54.8 Å². The molecule has 1 fully saturated rings. The summed E-state index contributed by atoms with van der Waals surface area (Å²) < 4.78 is 0. The molecule has 0 radical (unpaired) electrons. The van der Waals surface area contributed by atoms with Crippen LogP contribution in [0.3, 0.4) is 0 Å². The van der Waals surface area contributed by atoms with Gasteiger partial charge in [0.15, 0.2) is 5.96 Å². The highest BCUT2D eigenvalue weighted by Gasteiger charge is 2.11. The smallest absolute Gasteiger partial charge is 0.191 e. The lowest BCUT2D eigenvalue weighted by molar-refractivity contribution is 0.276. The number of nitrogens with zero attached hydrogens (tertiary/aromatic N) is 3. The highest BCUT2D eigenvalue weighted by molar-refractivity contribution is 6.29. The van der Waals surface area contributed by atoms with Gasteiger partial charge in [-0.3, -0.25) is 9.89 Å². The molecule has 1 aromatic carbocycles. The van der Waals surface area contributed by atoms with Gasteiger partial charge in [-0.25, -0.2) is 4.98 Å². The molecule has 2 heterocycles. The number of likely N-dealkylation sites (tertiary alicyclic amines) is 1. The Morgan fingerprint density at radius 1 is 1.03 bits per heavy atom. The van der Waals surface area contributed by atoms with E-state index >= 15 is 0 Å². The molecule has 1 aromatic heterocycles. The van der Waals surface area contributed by atoms with Gasteiger partial charge >= 0.3 is 0 Å². The minimum Gasteiger partial charge on any atom is -0.356 e. The predicted octanol–water partition coefficient (Wildman–Crippen LogP) is 4.02. The average Bonchev–Trinajstić information content (AvgIpc) is 3.01. The molecule has 0 spiro atoms. The van der Waals surface area contributed by atoms with Gasteiger partial charge < -0.3 is 10.6 Å². The van der Waals surface area contributed by atoms with Gasteiger partial charge in [0.2, 0.25) is 0 Å². The van der Waals surface area contributed by atoms with Crippen molar-refractivity contribution in [1.29, 1.82) is 0 Å². The van der Waals surface area contributed by atoms with E-state index < -0.39 is 0 Å². The Bertz CT molecular complexity index is 767. The number of rotatable bonds is 7. The number of guanidine groups is 1. The molecule has 0 bridgehead atoms. The summed E-state index contributed by atoms with van der Waals surface area (Å²) in [5, 5.41) is 7.36. The second kappa shape index (κ2) is 11.8. The van der Waals surface area contributed by atoms with Crippen molar-refractivity contribution < 1.29 is 0 Å². The van der Waals surface area contributed by atoms with Crippen molar-refractivity contribution in [2.24, 2.45) is 4.99 Å². The van der Waals surface area contributed by atoms with Gasteiger partial charge in [0.25, 0.3) is 0 Å². The van der Waals surface area contributed by atoms with E-state index in [9.17, 15) is 0 Å². The summed E-state index contributed by atoms with van der Waals surface area (Å²) in [5.74, 6) is 0.816. The summed E-state index contributed by atoms with van der Waals surface area (Å²) in [5.41, 5.74) is 3.89. The Morgan fingerprint density at radius 3 is 2.48 bits per heavy atom. The van der Waals surface area contributed by atoms with Crippen LogP contribution in [0.4, 0.5) is 0 Å². The van der Waals surface area contributed by atoms with Crippen molar-refractivity contribution in [2.75, 3.05) is 26.7 Å². The first-order valence-corrected chi connectivity index (χ1v) is 11.0. The molecule has 2 aromatic rings. The molecule has 5 nitrogen and oxygen atoms in total. The Hall–Kier alpha value is -2.11. The monoisotopic (exact) mass is 413 g/mol. The molecular formula is C23H32ClN5. The third kappa shape index (κ3) is 7.33. The molecule has 3 rings (SSSR count). The Kier molecular flexibility index (Phi) is 8.78. The van der Waals surface area contributed by atoms with Crippen LogP contribution in [0.1, 0.15) is 42.4 Å². The van der Waals surface area contributed by atoms with Gasteiger partial charge in [0, 0.05) is 32.9 Å². The fourth-order valence-electron chi connectivity index (χ4n) is 3.70. The van der Waals surface area contributed by atoms with E-state index in [1.54, 1.807) is 0 Å². The van der Waals surface area contributed by atoms with Crippen LogP contribution in [0.2, 0.25) is 5.15 Å². The highest BCUT2D eigenvalue weighted by atomic mass is 35.5. The first-order valence-electron chi connectivity index (χ1n) is 10.6. The summed E-state index contributed by atoms with van der Waals surface area (Å²) in [7, 11) is 1.81. The third-order valence-electron chi connectivity index (χ3n) is 5.38. The maximum absolute atomic E-state index is 5.84. The van der Waals surface area contributed by atoms with Gasteiger partial charge in [0.05, 0.1) is 0 Å². The van der Waals surface area contributed by atoms with Crippen molar-refractivity contribution in [3.63, 3.8) is 0 Å². The van der Waals surface area contributed by atoms with Crippen molar-refractivity contribution in [2.45, 2.75) is 45.2 Å². The van der Waals surface area contributed by atoms with E-state index in [4.69, 9.17) is 11.6 Å². The molecule has 0 aliphatic carbocycles. The number of halogens is 1. The van der Waals surface area contributed by atoms with Crippen molar-refractivity contribution in [3.8, 4) is 0 Å². The number of benzene rings is 1. The molecule has 1 aliphatic heterocycles. The molecule has 1 aliphatic rings.